The molecule has 5 heteroatoms. The van der Waals surface area contributed by atoms with Crippen LogP contribution >= 0.6 is 12.4 Å². The van der Waals surface area contributed by atoms with Crippen LogP contribution in [0.2, 0.25) is 0 Å². The van der Waals surface area contributed by atoms with Crippen molar-refractivity contribution >= 4 is 18.3 Å². The summed E-state index contributed by atoms with van der Waals surface area (Å²) in [5, 5.41) is 0. The Bertz CT molecular complexity index is 257. The second-order valence-corrected chi connectivity index (χ2v) is 5.26. The highest BCUT2D eigenvalue weighted by atomic mass is 35.5. The Labute approximate surface area is 116 Å². The van der Waals surface area contributed by atoms with Gasteiger partial charge in [-0.25, -0.2) is 0 Å². The fraction of sp³-hybridized carbons (Fsp3) is 0.923. The lowest BCUT2D eigenvalue weighted by Crippen LogP contribution is -2.48. The van der Waals surface area contributed by atoms with Gasteiger partial charge in [0, 0.05) is 26.1 Å². The zero-order valence-electron chi connectivity index (χ0n) is 11.0. The molecule has 2 N–H and O–H groups in total. The van der Waals surface area contributed by atoms with Crippen LogP contribution in [0.15, 0.2) is 0 Å². The van der Waals surface area contributed by atoms with Crippen molar-refractivity contribution < 1.29 is 9.53 Å². The smallest absolute Gasteiger partial charge is 0.222 e. The second-order valence-electron chi connectivity index (χ2n) is 5.26. The number of halogens is 1. The molecule has 1 aliphatic carbocycles. The number of nitrogens with zero attached hydrogens (tertiary/aromatic N) is 1. The average Bonchev–Trinajstić information content (AvgIpc) is 2.89. The monoisotopic (exact) mass is 276 g/mol. The average molecular weight is 277 g/mol. The number of rotatable bonds is 4. The Morgan fingerprint density at radius 1 is 1.33 bits per heavy atom. The van der Waals surface area contributed by atoms with Crippen molar-refractivity contribution in [1.29, 1.82) is 0 Å². The number of hydrogen-bond donors (Lipinski definition) is 1. The van der Waals surface area contributed by atoms with E-state index >= 15 is 0 Å². The van der Waals surface area contributed by atoms with Crippen molar-refractivity contribution in [3.63, 3.8) is 0 Å². The van der Waals surface area contributed by atoms with Gasteiger partial charge in [0.1, 0.15) is 0 Å². The van der Waals surface area contributed by atoms with Crippen molar-refractivity contribution in [3.8, 4) is 0 Å². The van der Waals surface area contributed by atoms with Gasteiger partial charge in [0.25, 0.3) is 0 Å². The minimum Gasteiger partial charge on any atom is -0.373 e. The predicted octanol–water partition coefficient (Wildman–Crippen LogP) is 1.56. The van der Waals surface area contributed by atoms with Crippen LogP contribution in [0.3, 0.4) is 0 Å². The molecule has 1 aliphatic heterocycles. The predicted molar refractivity (Wildman–Crippen MR) is 73.8 cm³/mol. The van der Waals surface area contributed by atoms with Gasteiger partial charge in [0.2, 0.25) is 5.91 Å². The van der Waals surface area contributed by atoms with Crippen LogP contribution in [0.4, 0.5) is 0 Å². The Morgan fingerprint density at radius 2 is 2.06 bits per heavy atom. The molecule has 2 aliphatic rings. The van der Waals surface area contributed by atoms with Crippen molar-refractivity contribution in [2.75, 3.05) is 26.2 Å². The highest BCUT2D eigenvalue weighted by molar-refractivity contribution is 5.85. The molecule has 0 bridgehead atoms. The molecule has 1 saturated heterocycles. The van der Waals surface area contributed by atoms with E-state index in [0.717, 1.165) is 18.9 Å². The van der Waals surface area contributed by atoms with Crippen molar-refractivity contribution in [1.82, 2.24) is 4.90 Å². The summed E-state index contributed by atoms with van der Waals surface area (Å²) >= 11 is 0. The first-order valence-corrected chi connectivity index (χ1v) is 6.89. The second kappa shape index (κ2) is 7.97. The summed E-state index contributed by atoms with van der Waals surface area (Å²) in [5.41, 5.74) is 5.58. The molecule has 0 aromatic rings. The van der Waals surface area contributed by atoms with Crippen LogP contribution < -0.4 is 5.73 Å². The van der Waals surface area contributed by atoms with Crippen molar-refractivity contribution in [2.24, 2.45) is 11.7 Å². The van der Waals surface area contributed by atoms with Crippen LogP contribution in [0.1, 0.15) is 38.5 Å². The van der Waals surface area contributed by atoms with E-state index in [-0.39, 0.29) is 18.5 Å². The maximum atomic E-state index is 12.0. The Kier molecular flexibility index (Phi) is 6.97. The topological polar surface area (TPSA) is 55.6 Å². The van der Waals surface area contributed by atoms with Gasteiger partial charge in [-0.2, -0.15) is 0 Å². The fourth-order valence-corrected chi connectivity index (χ4v) is 2.87. The molecule has 18 heavy (non-hydrogen) atoms. The van der Waals surface area contributed by atoms with Gasteiger partial charge in [0.05, 0.1) is 12.7 Å². The summed E-state index contributed by atoms with van der Waals surface area (Å²) in [6.07, 6.45) is 7.17. The van der Waals surface area contributed by atoms with Gasteiger partial charge in [-0.05, 0) is 12.3 Å². The van der Waals surface area contributed by atoms with E-state index in [2.05, 4.69) is 0 Å². The molecule has 0 aromatic heterocycles. The number of morpholine rings is 1. The van der Waals surface area contributed by atoms with Gasteiger partial charge in [-0.15, -0.1) is 12.4 Å². The van der Waals surface area contributed by atoms with E-state index in [4.69, 9.17) is 10.5 Å². The summed E-state index contributed by atoms with van der Waals surface area (Å²) in [6.45, 7) is 2.56. The third-order valence-corrected chi connectivity index (χ3v) is 4.00. The molecular formula is C13H25ClN2O2. The maximum Gasteiger partial charge on any atom is 0.222 e. The van der Waals surface area contributed by atoms with E-state index in [1.165, 1.54) is 25.7 Å². The van der Waals surface area contributed by atoms with Crippen LogP contribution in [0.5, 0.6) is 0 Å². The molecule has 0 aromatic carbocycles. The summed E-state index contributed by atoms with van der Waals surface area (Å²) in [6, 6.07) is 0. The van der Waals surface area contributed by atoms with Crippen LogP contribution in [-0.4, -0.2) is 43.2 Å². The number of ether oxygens (including phenoxy) is 1. The summed E-state index contributed by atoms with van der Waals surface area (Å²) in [7, 11) is 0. The molecule has 1 unspecified atom stereocenters. The normalized spacial score (nSPS) is 24.9. The third kappa shape index (κ3) is 4.41. The number of carbonyl (C=O) groups excluding carboxylic acids is 1. The molecule has 1 atom stereocenters. The first-order chi connectivity index (χ1) is 8.29. The third-order valence-electron chi connectivity index (χ3n) is 4.00. The van der Waals surface area contributed by atoms with Crippen molar-refractivity contribution in [2.45, 2.75) is 44.6 Å². The van der Waals surface area contributed by atoms with Gasteiger partial charge < -0.3 is 15.4 Å². The van der Waals surface area contributed by atoms with Gasteiger partial charge in [-0.1, -0.05) is 25.7 Å². The maximum absolute atomic E-state index is 12.0. The summed E-state index contributed by atoms with van der Waals surface area (Å²) in [4.78, 5) is 14.0. The molecule has 2 rings (SSSR count). The number of nitrogens with two attached hydrogens (primary N) is 1. The van der Waals surface area contributed by atoms with E-state index in [0.29, 0.717) is 32.0 Å². The lowest BCUT2D eigenvalue weighted by Gasteiger charge is -2.32. The van der Waals surface area contributed by atoms with E-state index in [9.17, 15) is 4.79 Å². The highest BCUT2D eigenvalue weighted by Gasteiger charge is 2.24. The molecule has 1 saturated carbocycles. The molecule has 4 nitrogen and oxygen atoms in total. The minimum absolute atomic E-state index is 0. The van der Waals surface area contributed by atoms with Gasteiger partial charge in [0.15, 0.2) is 0 Å². The molecule has 0 radical (unpaired) electrons. The lowest BCUT2D eigenvalue weighted by atomic mass is 10.0. The molecule has 1 heterocycles. The first-order valence-electron chi connectivity index (χ1n) is 6.89. The fourth-order valence-electron chi connectivity index (χ4n) is 2.87. The SMILES string of the molecule is Cl.NCC1CN(C(=O)CCC2CCCC2)CCO1. The molecule has 2 fully saturated rings. The van der Waals surface area contributed by atoms with E-state index in [1.807, 2.05) is 4.90 Å². The number of carbonyl (C=O) groups is 1. The molecule has 0 spiro atoms. The highest BCUT2D eigenvalue weighted by Crippen LogP contribution is 2.28. The number of amides is 1. The van der Waals surface area contributed by atoms with Crippen LogP contribution in [0, 0.1) is 5.92 Å². The first kappa shape index (κ1) is 15.7. The quantitative estimate of drug-likeness (QED) is 0.848. The summed E-state index contributed by atoms with van der Waals surface area (Å²) < 4.78 is 5.47. The molecular weight excluding hydrogens is 252 g/mol. The minimum atomic E-state index is 0. The van der Waals surface area contributed by atoms with Crippen molar-refractivity contribution in [3.05, 3.63) is 0 Å². The lowest BCUT2D eigenvalue weighted by molar-refractivity contribution is -0.138. The Balaban J connectivity index is 0.00000162. The van der Waals surface area contributed by atoms with E-state index < -0.39 is 0 Å². The summed E-state index contributed by atoms with van der Waals surface area (Å²) in [5.74, 6) is 1.09. The van der Waals surface area contributed by atoms with Crippen LogP contribution in [-0.2, 0) is 9.53 Å². The molecule has 1 amide bonds. The Morgan fingerprint density at radius 3 is 2.72 bits per heavy atom. The zero-order valence-corrected chi connectivity index (χ0v) is 11.8. The van der Waals surface area contributed by atoms with Gasteiger partial charge in [-0.3, -0.25) is 4.79 Å². The van der Waals surface area contributed by atoms with E-state index in [1.54, 1.807) is 0 Å². The Hall–Kier alpha value is -0.320. The largest absolute Gasteiger partial charge is 0.373 e. The van der Waals surface area contributed by atoms with Gasteiger partial charge >= 0.3 is 0 Å². The van der Waals surface area contributed by atoms with Crippen LogP contribution in [0.25, 0.3) is 0 Å². The standard InChI is InChI=1S/C13H24N2O2.ClH/c14-9-12-10-15(7-8-17-12)13(16)6-5-11-3-1-2-4-11;/h11-12H,1-10,14H2;1H. The zero-order chi connectivity index (χ0) is 12.1. The number of hydrogen-bond acceptors (Lipinski definition) is 3. The molecule has 106 valence electrons.